The Morgan fingerprint density at radius 1 is 0.714 bits per heavy atom. The molecule has 0 aromatic heterocycles. The van der Waals surface area contributed by atoms with Gasteiger partial charge in [-0.25, -0.2) is 0 Å². The van der Waals surface area contributed by atoms with E-state index < -0.39 is 5.97 Å². The predicted molar refractivity (Wildman–Crippen MR) is 119 cm³/mol. The van der Waals surface area contributed by atoms with Crippen LogP contribution in [0.5, 0.6) is 0 Å². The highest BCUT2D eigenvalue weighted by Gasteiger charge is 2.15. The lowest BCUT2D eigenvalue weighted by Crippen LogP contribution is -2.36. The van der Waals surface area contributed by atoms with Crippen LogP contribution < -0.4 is 0 Å². The van der Waals surface area contributed by atoms with Gasteiger partial charge < -0.3 is 10.0 Å². The summed E-state index contributed by atoms with van der Waals surface area (Å²) < 4.78 is 0. The third-order valence-corrected chi connectivity index (χ3v) is 5.11. The molecular formula is C24H45NO3. The third kappa shape index (κ3) is 18.1. The Labute approximate surface area is 173 Å². The smallest absolute Gasteiger partial charge is 0.323 e. The highest BCUT2D eigenvalue weighted by molar-refractivity contribution is 5.81. The van der Waals surface area contributed by atoms with Crippen molar-refractivity contribution in [2.45, 2.75) is 117 Å². The number of allylic oxidation sites excluding steroid dienone is 2. The molecule has 0 spiro atoms. The van der Waals surface area contributed by atoms with Gasteiger partial charge >= 0.3 is 5.97 Å². The van der Waals surface area contributed by atoms with E-state index in [4.69, 9.17) is 5.11 Å². The van der Waals surface area contributed by atoms with Crippen LogP contribution in [0.3, 0.4) is 0 Å². The number of carboxylic acids is 1. The first kappa shape index (κ1) is 26.7. The van der Waals surface area contributed by atoms with Crippen LogP contribution in [0.2, 0.25) is 0 Å². The fourth-order valence-electron chi connectivity index (χ4n) is 3.31. The van der Waals surface area contributed by atoms with Crippen molar-refractivity contribution in [1.82, 2.24) is 4.90 Å². The highest BCUT2D eigenvalue weighted by Crippen LogP contribution is 2.11. The molecule has 4 nitrogen and oxygen atoms in total. The zero-order chi connectivity index (χ0) is 20.9. The second kappa shape index (κ2) is 20.4. The number of aliphatic carboxylic acids is 1. The number of unbranched alkanes of at least 4 members (excludes halogenated alkanes) is 12. The van der Waals surface area contributed by atoms with Crippen LogP contribution in [-0.4, -0.2) is 35.0 Å². The number of carbonyl (C=O) groups is 2. The molecule has 1 N–H and O–H groups in total. The molecule has 0 unspecified atom stereocenters. The van der Waals surface area contributed by atoms with Crippen molar-refractivity contribution in [3.8, 4) is 0 Å². The first-order valence-corrected chi connectivity index (χ1v) is 11.8. The summed E-state index contributed by atoms with van der Waals surface area (Å²) in [5.74, 6) is -0.928. The van der Waals surface area contributed by atoms with Crippen LogP contribution in [0, 0.1) is 0 Å². The van der Waals surface area contributed by atoms with Gasteiger partial charge in [0.25, 0.3) is 0 Å². The van der Waals surface area contributed by atoms with E-state index in [2.05, 4.69) is 19.1 Å². The van der Waals surface area contributed by atoms with E-state index in [0.717, 1.165) is 38.5 Å². The van der Waals surface area contributed by atoms with Gasteiger partial charge in [-0.1, -0.05) is 83.8 Å². The fourth-order valence-corrected chi connectivity index (χ4v) is 3.31. The van der Waals surface area contributed by atoms with Crippen LogP contribution in [0.15, 0.2) is 12.2 Å². The maximum absolute atomic E-state index is 12.2. The molecule has 0 aromatic carbocycles. The molecule has 0 saturated carbocycles. The van der Waals surface area contributed by atoms with Gasteiger partial charge in [-0.3, -0.25) is 9.59 Å². The number of carboxylic acid groups (broad SMARTS) is 1. The zero-order valence-corrected chi connectivity index (χ0v) is 18.6. The van der Waals surface area contributed by atoms with Crippen LogP contribution >= 0.6 is 0 Å². The Bertz CT molecular complexity index is 407. The number of rotatable bonds is 20. The molecule has 0 atom stereocenters. The summed E-state index contributed by atoms with van der Waals surface area (Å²) in [6.07, 6.45) is 23.1. The van der Waals surface area contributed by atoms with Gasteiger partial charge in [0.1, 0.15) is 6.54 Å². The monoisotopic (exact) mass is 395 g/mol. The molecule has 0 bridgehead atoms. The van der Waals surface area contributed by atoms with Crippen molar-refractivity contribution in [1.29, 1.82) is 0 Å². The Balaban J connectivity index is 3.55. The molecule has 0 fully saturated rings. The zero-order valence-electron chi connectivity index (χ0n) is 18.6. The summed E-state index contributed by atoms with van der Waals surface area (Å²) in [6, 6.07) is 0. The summed E-state index contributed by atoms with van der Waals surface area (Å²) in [5.41, 5.74) is 0. The van der Waals surface area contributed by atoms with E-state index in [-0.39, 0.29) is 12.5 Å². The summed E-state index contributed by atoms with van der Waals surface area (Å²) in [4.78, 5) is 24.6. The summed E-state index contributed by atoms with van der Waals surface area (Å²) in [5, 5.41) is 8.94. The number of carbonyl (C=O) groups excluding carboxylic acids is 1. The first-order valence-electron chi connectivity index (χ1n) is 11.8. The van der Waals surface area contributed by atoms with Crippen molar-refractivity contribution >= 4 is 11.9 Å². The van der Waals surface area contributed by atoms with Crippen molar-refractivity contribution < 1.29 is 14.7 Å². The number of hydrogen-bond acceptors (Lipinski definition) is 2. The Morgan fingerprint density at radius 3 is 1.75 bits per heavy atom. The van der Waals surface area contributed by atoms with E-state index in [1.807, 2.05) is 6.92 Å². The van der Waals surface area contributed by atoms with Gasteiger partial charge in [-0.2, -0.15) is 0 Å². The number of nitrogens with zero attached hydrogens (tertiary/aromatic N) is 1. The van der Waals surface area contributed by atoms with Gasteiger partial charge in [0.2, 0.25) is 5.91 Å². The van der Waals surface area contributed by atoms with E-state index in [0.29, 0.717) is 13.0 Å². The third-order valence-electron chi connectivity index (χ3n) is 5.11. The highest BCUT2D eigenvalue weighted by atomic mass is 16.4. The van der Waals surface area contributed by atoms with Crippen LogP contribution in [0.1, 0.15) is 117 Å². The van der Waals surface area contributed by atoms with E-state index >= 15 is 0 Å². The minimum absolute atomic E-state index is 0.00604. The molecule has 0 rings (SSSR count). The molecule has 0 aromatic rings. The minimum atomic E-state index is -0.922. The largest absolute Gasteiger partial charge is 0.480 e. The van der Waals surface area contributed by atoms with Crippen molar-refractivity contribution in [2.75, 3.05) is 13.1 Å². The first-order chi connectivity index (χ1) is 13.6. The van der Waals surface area contributed by atoms with E-state index in [1.54, 1.807) is 0 Å². The van der Waals surface area contributed by atoms with Gasteiger partial charge in [0.05, 0.1) is 0 Å². The Kier molecular flexibility index (Phi) is 19.5. The SMILES string of the molecule is CCCCCCCCC=CCCCCCCCC(=O)N(CCCC)CC(=O)O. The molecule has 0 saturated heterocycles. The van der Waals surface area contributed by atoms with Gasteiger partial charge in [0, 0.05) is 13.0 Å². The van der Waals surface area contributed by atoms with Gasteiger partial charge in [-0.15, -0.1) is 0 Å². The second-order valence-electron chi connectivity index (χ2n) is 7.90. The quantitative estimate of drug-likeness (QED) is 0.183. The topological polar surface area (TPSA) is 57.6 Å². The van der Waals surface area contributed by atoms with E-state index in [1.165, 1.54) is 62.7 Å². The summed E-state index contributed by atoms with van der Waals surface area (Å²) in [7, 11) is 0. The molecule has 0 aliphatic heterocycles. The summed E-state index contributed by atoms with van der Waals surface area (Å²) >= 11 is 0. The van der Waals surface area contributed by atoms with Crippen LogP contribution in [-0.2, 0) is 9.59 Å². The minimum Gasteiger partial charge on any atom is -0.480 e. The molecule has 0 aliphatic rings. The number of amides is 1. The Morgan fingerprint density at radius 2 is 1.21 bits per heavy atom. The lowest BCUT2D eigenvalue weighted by atomic mass is 10.1. The Hall–Kier alpha value is -1.32. The molecule has 28 heavy (non-hydrogen) atoms. The van der Waals surface area contributed by atoms with Crippen molar-refractivity contribution in [3.63, 3.8) is 0 Å². The fraction of sp³-hybridized carbons (Fsp3) is 0.833. The summed E-state index contributed by atoms with van der Waals surface area (Å²) in [6.45, 7) is 4.71. The lowest BCUT2D eigenvalue weighted by molar-refractivity contribution is -0.144. The predicted octanol–water partition coefficient (Wildman–Crippen LogP) is 6.74. The maximum atomic E-state index is 12.2. The van der Waals surface area contributed by atoms with Crippen LogP contribution in [0.25, 0.3) is 0 Å². The molecule has 1 amide bonds. The lowest BCUT2D eigenvalue weighted by Gasteiger charge is -2.20. The van der Waals surface area contributed by atoms with Crippen LogP contribution in [0.4, 0.5) is 0 Å². The van der Waals surface area contributed by atoms with Gasteiger partial charge in [-0.05, 0) is 38.5 Å². The van der Waals surface area contributed by atoms with Crippen molar-refractivity contribution in [3.05, 3.63) is 12.2 Å². The molecular weight excluding hydrogens is 350 g/mol. The average Bonchev–Trinajstić information content (AvgIpc) is 2.67. The second-order valence-corrected chi connectivity index (χ2v) is 7.90. The molecule has 164 valence electrons. The molecule has 0 radical (unpaired) electrons. The van der Waals surface area contributed by atoms with E-state index in [9.17, 15) is 9.59 Å². The average molecular weight is 396 g/mol. The standard InChI is InChI=1S/C24H45NO3/c1-3-5-7-8-9-10-11-12-13-14-15-16-17-18-19-20-23(26)25(21-6-4-2)22-24(27)28/h12-13H,3-11,14-22H2,1-2H3,(H,27,28). The number of hydrogen-bond donors (Lipinski definition) is 1. The van der Waals surface area contributed by atoms with Gasteiger partial charge in [0.15, 0.2) is 0 Å². The molecule has 0 heterocycles. The molecule has 4 heteroatoms. The molecule has 0 aliphatic carbocycles. The normalized spacial score (nSPS) is 11.2. The van der Waals surface area contributed by atoms with Crippen molar-refractivity contribution in [2.24, 2.45) is 0 Å². The maximum Gasteiger partial charge on any atom is 0.323 e.